The summed E-state index contributed by atoms with van der Waals surface area (Å²) >= 11 is 1.76. The monoisotopic (exact) mass is 282 g/mol. The maximum Gasteiger partial charge on any atom is 0.256 e. The van der Waals surface area contributed by atoms with E-state index in [-0.39, 0.29) is 0 Å². The van der Waals surface area contributed by atoms with E-state index < -0.39 is 0 Å². The molecule has 1 fully saturated rings. The van der Waals surface area contributed by atoms with E-state index in [9.17, 15) is 0 Å². The maximum atomic E-state index is 5.61. The Morgan fingerprint density at radius 2 is 2.21 bits per heavy atom. The number of hydrogen-bond acceptors (Lipinski definition) is 4. The van der Waals surface area contributed by atoms with Crippen LogP contribution in [-0.4, -0.2) is 23.3 Å². The van der Waals surface area contributed by atoms with Gasteiger partial charge in [-0.1, -0.05) is 25.1 Å². The van der Waals surface area contributed by atoms with Crippen LogP contribution in [0.5, 0.6) is 0 Å². The molecule has 4 heteroatoms. The van der Waals surface area contributed by atoms with Crippen molar-refractivity contribution in [3.8, 4) is 0 Å². The molecule has 2 unspecified atom stereocenters. The highest BCUT2D eigenvalue weighted by Crippen LogP contribution is 2.31. The molecule has 1 aromatic heterocycles. The number of nitrogens with one attached hydrogen (secondary N) is 1. The van der Waals surface area contributed by atoms with Gasteiger partial charge in [-0.05, 0) is 52.0 Å². The van der Waals surface area contributed by atoms with E-state index in [1.54, 1.807) is 11.8 Å². The van der Waals surface area contributed by atoms with Gasteiger partial charge in [0.2, 0.25) is 0 Å². The third kappa shape index (κ3) is 4.25. The van der Waals surface area contributed by atoms with Crippen LogP contribution in [0.15, 0.2) is 9.64 Å². The van der Waals surface area contributed by atoms with Crippen molar-refractivity contribution >= 4 is 11.8 Å². The number of rotatable bonds is 7. The summed E-state index contributed by atoms with van der Waals surface area (Å²) in [6, 6.07) is 0.744. The molecule has 3 nitrogen and oxygen atoms in total. The highest BCUT2D eigenvalue weighted by Gasteiger charge is 2.26. The van der Waals surface area contributed by atoms with Crippen LogP contribution < -0.4 is 5.32 Å². The number of nitrogens with zero attached hydrogens (tertiary/aromatic N) is 1. The Bertz CT molecular complexity index is 372. The van der Waals surface area contributed by atoms with Crippen LogP contribution in [0.4, 0.5) is 0 Å². The van der Waals surface area contributed by atoms with Crippen LogP contribution in [0, 0.1) is 19.8 Å². The molecule has 19 heavy (non-hydrogen) atoms. The Balaban J connectivity index is 1.72. The number of oxazole rings is 1. The van der Waals surface area contributed by atoms with Gasteiger partial charge in [-0.25, -0.2) is 4.98 Å². The van der Waals surface area contributed by atoms with E-state index in [1.165, 1.54) is 32.1 Å². The molecular formula is C15H26N2OS. The molecule has 1 aliphatic rings. The van der Waals surface area contributed by atoms with E-state index in [2.05, 4.69) is 17.2 Å². The Kier molecular flexibility index (Phi) is 5.76. The minimum Gasteiger partial charge on any atom is -0.437 e. The first-order valence-electron chi connectivity index (χ1n) is 7.51. The van der Waals surface area contributed by atoms with Gasteiger partial charge in [0.25, 0.3) is 5.22 Å². The van der Waals surface area contributed by atoms with Crippen LogP contribution in [0.2, 0.25) is 0 Å². The second kappa shape index (κ2) is 7.34. The molecule has 1 aromatic rings. The molecule has 2 rings (SSSR count). The van der Waals surface area contributed by atoms with E-state index in [1.807, 2.05) is 13.8 Å². The molecule has 1 heterocycles. The van der Waals surface area contributed by atoms with Crippen LogP contribution in [0.1, 0.15) is 50.5 Å². The lowest BCUT2D eigenvalue weighted by Crippen LogP contribution is -2.33. The van der Waals surface area contributed by atoms with Gasteiger partial charge in [0.1, 0.15) is 5.76 Å². The van der Waals surface area contributed by atoms with Gasteiger partial charge in [-0.15, -0.1) is 0 Å². The lowest BCUT2D eigenvalue weighted by Gasteiger charge is -2.20. The number of aromatic nitrogens is 1. The maximum absolute atomic E-state index is 5.61. The average Bonchev–Trinajstić information content (AvgIpc) is 2.95. The number of thioether (sulfide) groups is 1. The summed E-state index contributed by atoms with van der Waals surface area (Å²) in [5.74, 6) is 2.91. The van der Waals surface area contributed by atoms with Gasteiger partial charge < -0.3 is 9.73 Å². The molecule has 0 bridgehead atoms. The van der Waals surface area contributed by atoms with E-state index >= 15 is 0 Å². The smallest absolute Gasteiger partial charge is 0.256 e. The molecular weight excluding hydrogens is 256 g/mol. The van der Waals surface area contributed by atoms with Crippen LogP contribution in [-0.2, 0) is 0 Å². The fourth-order valence-corrected chi connectivity index (χ4v) is 3.76. The molecule has 1 saturated carbocycles. The van der Waals surface area contributed by atoms with E-state index in [4.69, 9.17) is 4.42 Å². The summed E-state index contributed by atoms with van der Waals surface area (Å²) in [5.41, 5.74) is 1.02. The van der Waals surface area contributed by atoms with E-state index in [0.29, 0.717) is 0 Å². The highest BCUT2D eigenvalue weighted by molar-refractivity contribution is 7.99. The number of hydrogen-bond donors (Lipinski definition) is 1. The SMILES string of the molecule is CCCNC1CCCC1CCSc1nc(C)c(C)o1. The quantitative estimate of drug-likeness (QED) is 0.769. The lowest BCUT2D eigenvalue weighted by molar-refractivity contribution is 0.392. The Morgan fingerprint density at radius 3 is 2.89 bits per heavy atom. The van der Waals surface area contributed by atoms with Gasteiger partial charge in [0.05, 0.1) is 5.69 Å². The van der Waals surface area contributed by atoms with Crippen molar-refractivity contribution in [2.45, 2.75) is 64.1 Å². The average molecular weight is 282 g/mol. The number of aryl methyl sites for hydroxylation is 2. The molecule has 0 aromatic carbocycles. The first-order chi connectivity index (χ1) is 9.20. The standard InChI is InChI=1S/C15H26N2OS/c1-4-9-16-14-7-5-6-13(14)8-10-19-15-17-11(2)12(3)18-15/h13-14,16H,4-10H2,1-3H3. The van der Waals surface area contributed by atoms with Crippen molar-refractivity contribution in [2.24, 2.45) is 5.92 Å². The second-order valence-corrected chi connectivity index (χ2v) is 6.56. The van der Waals surface area contributed by atoms with Gasteiger partial charge in [-0.3, -0.25) is 0 Å². The lowest BCUT2D eigenvalue weighted by atomic mass is 10.0. The summed E-state index contributed by atoms with van der Waals surface area (Å²) in [5, 5.41) is 4.53. The first-order valence-corrected chi connectivity index (χ1v) is 8.49. The third-order valence-electron chi connectivity index (χ3n) is 4.04. The molecule has 0 amide bonds. The third-order valence-corrected chi connectivity index (χ3v) is 4.90. The summed E-state index contributed by atoms with van der Waals surface area (Å²) in [7, 11) is 0. The Labute approximate surface area is 120 Å². The Hall–Kier alpha value is -0.480. The van der Waals surface area contributed by atoms with Crippen molar-refractivity contribution in [3.63, 3.8) is 0 Å². The van der Waals surface area contributed by atoms with Gasteiger partial charge in [-0.2, -0.15) is 0 Å². The van der Waals surface area contributed by atoms with E-state index in [0.717, 1.165) is 40.9 Å². The van der Waals surface area contributed by atoms with Crippen LogP contribution >= 0.6 is 11.8 Å². The highest BCUT2D eigenvalue weighted by atomic mass is 32.2. The van der Waals surface area contributed by atoms with Gasteiger partial charge in [0.15, 0.2) is 0 Å². The first kappa shape index (κ1) is 14.9. The van der Waals surface area contributed by atoms with Gasteiger partial charge >= 0.3 is 0 Å². The minimum atomic E-state index is 0.744. The molecule has 1 aliphatic carbocycles. The van der Waals surface area contributed by atoms with Crippen LogP contribution in [0.3, 0.4) is 0 Å². The topological polar surface area (TPSA) is 38.1 Å². The normalized spacial score (nSPS) is 23.1. The molecule has 0 radical (unpaired) electrons. The minimum absolute atomic E-state index is 0.744. The summed E-state index contributed by atoms with van der Waals surface area (Å²) in [6.45, 7) is 7.38. The largest absolute Gasteiger partial charge is 0.437 e. The predicted octanol–water partition coefficient (Wildman–Crippen LogP) is 3.94. The van der Waals surface area contributed by atoms with Crippen molar-refractivity contribution in [2.75, 3.05) is 12.3 Å². The molecule has 1 N–H and O–H groups in total. The second-order valence-electron chi connectivity index (χ2n) is 5.51. The predicted molar refractivity (Wildman–Crippen MR) is 80.7 cm³/mol. The molecule has 0 spiro atoms. The Morgan fingerprint density at radius 1 is 1.37 bits per heavy atom. The van der Waals surface area contributed by atoms with Crippen molar-refractivity contribution < 1.29 is 4.42 Å². The zero-order valence-electron chi connectivity index (χ0n) is 12.4. The molecule has 2 atom stereocenters. The van der Waals surface area contributed by atoms with Crippen LogP contribution in [0.25, 0.3) is 0 Å². The summed E-state index contributed by atoms with van der Waals surface area (Å²) < 4.78 is 5.61. The molecule has 0 saturated heterocycles. The molecule has 0 aliphatic heterocycles. The summed E-state index contributed by atoms with van der Waals surface area (Å²) in [6.07, 6.45) is 6.62. The fourth-order valence-electron chi connectivity index (χ4n) is 2.78. The van der Waals surface area contributed by atoms with Gasteiger partial charge in [0, 0.05) is 11.8 Å². The zero-order chi connectivity index (χ0) is 13.7. The van der Waals surface area contributed by atoms with Crippen molar-refractivity contribution in [1.29, 1.82) is 0 Å². The zero-order valence-corrected chi connectivity index (χ0v) is 13.2. The summed E-state index contributed by atoms with van der Waals surface area (Å²) in [4.78, 5) is 4.42. The van der Waals surface area contributed by atoms with Crippen molar-refractivity contribution in [3.05, 3.63) is 11.5 Å². The van der Waals surface area contributed by atoms with Crippen molar-refractivity contribution in [1.82, 2.24) is 10.3 Å². The molecule has 108 valence electrons. The fraction of sp³-hybridized carbons (Fsp3) is 0.800.